The maximum Gasteiger partial charge on any atom is 0.313 e. The fourth-order valence-corrected chi connectivity index (χ4v) is 3.23. The van der Waals surface area contributed by atoms with Gasteiger partial charge in [-0.2, -0.15) is 0 Å². The maximum absolute atomic E-state index is 11.9. The Morgan fingerprint density at radius 2 is 2.00 bits per heavy atom. The highest BCUT2D eigenvalue weighted by Crippen LogP contribution is 2.27. The van der Waals surface area contributed by atoms with Crippen LogP contribution in [-0.2, 0) is 16.0 Å². The fourth-order valence-electron chi connectivity index (χ4n) is 3.23. The molecule has 2 rings (SSSR count). The number of carbonyl (C=O) groups excluding carboxylic acids is 2. The van der Waals surface area contributed by atoms with E-state index in [1.807, 2.05) is 25.1 Å². The molecule has 2 unspecified atom stereocenters. The molecule has 24 heavy (non-hydrogen) atoms. The Hall–Kier alpha value is -1.88. The average molecular weight is 332 g/mol. The smallest absolute Gasteiger partial charge is 0.313 e. The molecular weight excluding hydrogens is 304 g/mol. The van der Waals surface area contributed by atoms with Crippen LogP contribution in [-0.4, -0.2) is 29.6 Å². The minimum Gasteiger partial charge on any atom is -0.393 e. The Bertz CT molecular complexity index is 559. The van der Waals surface area contributed by atoms with Gasteiger partial charge in [-0.05, 0) is 55.7 Å². The number of aliphatic hydroxyl groups is 1. The lowest BCUT2D eigenvalue weighted by Crippen LogP contribution is -2.36. The standard InChI is InChI=1S/C19H28N2O3/c1-2-14-7-5-10-16(13-14)21-19(24)18(23)20-12-6-9-15-8-3-4-11-17(15)22/h5,7,10,13,15,17,22H,2-4,6,8-9,11-12H2,1H3,(H,20,23)(H,21,24). The number of nitrogens with one attached hydrogen (secondary N) is 2. The van der Waals surface area contributed by atoms with Crippen LogP contribution >= 0.6 is 0 Å². The molecule has 2 amide bonds. The van der Waals surface area contributed by atoms with Crippen molar-refractivity contribution in [3.63, 3.8) is 0 Å². The van der Waals surface area contributed by atoms with E-state index in [9.17, 15) is 14.7 Å². The normalized spacial score (nSPS) is 20.4. The first-order valence-corrected chi connectivity index (χ1v) is 8.96. The molecule has 132 valence electrons. The molecule has 1 aliphatic carbocycles. The number of aryl methyl sites for hydroxylation is 1. The van der Waals surface area contributed by atoms with Gasteiger partial charge in [0, 0.05) is 12.2 Å². The first-order chi connectivity index (χ1) is 11.6. The zero-order chi connectivity index (χ0) is 17.4. The monoisotopic (exact) mass is 332 g/mol. The first kappa shape index (κ1) is 18.5. The lowest BCUT2D eigenvalue weighted by Gasteiger charge is -2.27. The highest BCUT2D eigenvalue weighted by Gasteiger charge is 2.22. The molecule has 1 aromatic rings. The number of hydrogen-bond acceptors (Lipinski definition) is 3. The first-order valence-electron chi connectivity index (χ1n) is 8.96. The third kappa shape index (κ3) is 5.64. The molecule has 0 radical (unpaired) electrons. The number of rotatable bonds is 6. The molecule has 5 heteroatoms. The summed E-state index contributed by atoms with van der Waals surface area (Å²) in [6.45, 7) is 2.50. The fraction of sp³-hybridized carbons (Fsp3) is 0.579. The van der Waals surface area contributed by atoms with Crippen molar-refractivity contribution in [1.82, 2.24) is 5.32 Å². The molecule has 1 aromatic carbocycles. The van der Waals surface area contributed by atoms with E-state index in [2.05, 4.69) is 10.6 Å². The summed E-state index contributed by atoms with van der Waals surface area (Å²) in [5, 5.41) is 15.2. The lowest BCUT2D eigenvalue weighted by atomic mass is 9.83. The Morgan fingerprint density at radius 1 is 1.21 bits per heavy atom. The van der Waals surface area contributed by atoms with Crippen molar-refractivity contribution in [1.29, 1.82) is 0 Å². The maximum atomic E-state index is 11.9. The average Bonchev–Trinajstić information content (AvgIpc) is 2.60. The van der Waals surface area contributed by atoms with Crippen molar-refractivity contribution in [3.05, 3.63) is 29.8 Å². The molecule has 0 bridgehead atoms. The molecule has 0 heterocycles. The van der Waals surface area contributed by atoms with Gasteiger partial charge in [-0.25, -0.2) is 0 Å². The van der Waals surface area contributed by atoms with E-state index in [1.54, 1.807) is 6.07 Å². The van der Waals surface area contributed by atoms with E-state index in [4.69, 9.17) is 0 Å². The summed E-state index contributed by atoms with van der Waals surface area (Å²) >= 11 is 0. The molecule has 0 saturated heterocycles. The van der Waals surface area contributed by atoms with Gasteiger partial charge in [0.1, 0.15) is 0 Å². The Labute approximate surface area is 143 Å². The van der Waals surface area contributed by atoms with Gasteiger partial charge in [0.05, 0.1) is 6.10 Å². The third-order valence-electron chi connectivity index (χ3n) is 4.71. The summed E-state index contributed by atoms with van der Waals surface area (Å²) in [7, 11) is 0. The van der Waals surface area contributed by atoms with Crippen LogP contribution in [0.15, 0.2) is 24.3 Å². The van der Waals surface area contributed by atoms with Crippen LogP contribution in [0.2, 0.25) is 0 Å². The third-order valence-corrected chi connectivity index (χ3v) is 4.71. The predicted octanol–water partition coefficient (Wildman–Crippen LogP) is 2.64. The summed E-state index contributed by atoms with van der Waals surface area (Å²) < 4.78 is 0. The van der Waals surface area contributed by atoms with E-state index in [1.165, 1.54) is 6.42 Å². The van der Waals surface area contributed by atoms with Gasteiger partial charge in [-0.15, -0.1) is 0 Å². The van der Waals surface area contributed by atoms with Crippen molar-refractivity contribution in [2.45, 2.75) is 58.0 Å². The molecule has 1 aliphatic rings. The molecule has 3 N–H and O–H groups in total. The van der Waals surface area contributed by atoms with Gasteiger partial charge in [0.15, 0.2) is 0 Å². The van der Waals surface area contributed by atoms with E-state index in [-0.39, 0.29) is 6.10 Å². The molecule has 1 saturated carbocycles. The Morgan fingerprint density at radius 3 is 2.75 bits per heavy atom. The second-order valence-electron chi connectivity index (χ2n) is 6.52. The van der Waals surface area contributed by atoms with Crippen molar-refractivity contribution < 1.29 is 14.7 Å². The van der Waals surface area contributed by atoms with Crippen LogP contribution in [0.4, 0.5) is 5.69 Å². The summed E-state index contributed by atoms with van der Waals surface area (Å²) in [5.41, 5.74) is 1.75. The molecule has 0 aromatic heterocycles. The molecule has 1 fully saturated rings. The zero-order valence-electron chi connectivity index (χ0n) is 14.4. The SMILES string of the molecule is CCc1cccc(NC(=O)C(=O)NCCCC2CCCCC2O)c1. The predicted molar refractivity (Wildman–Crippen MR) is 94.7 cm³/mol. The van der Waals surface area contributed by atoms with Crippen LogP contribution in [0.1, 0.15) is 51.0 Å². The number of aliphatic hydroxyl groups excluding tert-OH is 1. The van der Waals surface area contributed by atoms with Crippen LogP contribution in [0, 0.1) is 5.92 Å². The lowest BCUT2D eigenvalue weighted by molar-refractivity contribution is -0.136. The van der Waals surface area contributed by atoms with Crippen LogP contribution in [0.3, 0.4) is 0 Å². The summed E-state index contributed by atoms with van der Waals surface area (Å²) in [6, 6.07) is 7.49. The van der Waals surface area contributed by atoms with Gasteiger partial charge >= 0.3 is 11.8 Å². The molecular formula is C19H28N2O3. The Balaban J connectivity index is 1.68. The minimum absolute atomic E-state index is 0.205. The van der Waals surface area contributed by atoms with Crippen LogP contribution in [0.25, 0.3) is 0 Å². The number of benzene rings is 1. The zero-order valence-corrected chi connectivity index (χ0v) is 14.4. The quantitative estimate of drug-likeness (QED) is 0.553. The summed E-state index contributed by atoms with van der Waals surface area (Å²) in [4.78, 5) is 23.7. The molecule has 5 nitrogen and oxygen atoms in total. The second-order valence-corrected chi connectivity index (χ2v) is 6.52. The topological polar surface area (TPSA) is 78.4 Å². The Kier molecular flexibility index (Phi) is 7.25. The number of amides is 2. The van der Waals surface area contributed by atoms with Crippen molar-refractivity contribution in [3.8, 4) is 0 Å². The van der Waals surface area contributed by atoms with E-state index in [0.717, 1.165) is 44.1 Å². The number of anilines is 1. The van der Waals surface area contributed by atoms with Gasteiger partial charge in [0.2, 0.25) is 0 Å². The van der Waals surface area contributed by atoms with Crippen molar-refractivity contribution >= 4 is 17.5 Å². The molecule has 0 spiro atoms. The largest absolute Gasteiger partial charge is 0.393 e. The van der Waals surface area contributed by atoms with Gasteiger partial charge in [-0.3, -0.25) is 9.59 Å². The molecule has 0 aliphatic heterocycles. The van der Waals surface area contributed by atoms with E-state index >= 15 is 0 Å². The molecule has 2 atom stereocenters. The van der Waals surface area contributed by atoms with E-state index < -0.39 is 11.8 Å². The second kappa shape index (κ2) is 9.42. The van der Waals surface area contributed by atoms with Crippen molar-refractivity contribution in [2.75, 3.05) is 11.9 Å². The highest BCUT2D eigenvalue weighted by atomic mass is 16.3. The van der Waals surface area contributed by atoms with E-state index in [0.29, 0.717) is 18.2 Å². The van der Waals surface area contributed by atoms with Crippen LogP contribution < -0.4 is 10.6 Å². The van der Waals surface area contributed by atoms with Gasteiger partial charge in [-0.1, -0.05) is 31.9 Å². The summed E-state index contributed by atoms with van der Waals surface area (Å²) in [6.07, 6.45) is 6.57. The van der Waals surface area contributed by atoms with Gasteiger partial charge < -0.3 is 15.7 Å². The number of carbonyl (C=O) groups is 2. The summed E-state index contributed by atoms with van der Waals surface area (Å²) in [5.74, 6) is -0.914. The van der Waals surface area contributed by atoms with Gasteiger partial charge in [0.25, 0.3) is 0 Å². The highest BCUT2D eigenvalue weighted by molar-refractivity contribution is 6.39. The van der Waals surface area contributed by atoms with Crippen LogP contribution in [0.5, 0.6) is 0 Å². The van der Waals surface area contributed by atoms with Crippen molar-refractivity contribution in [2.24, 2.45) is 5.92 Å². The minimum atomic E-state index is -0.638. The number of hydrogen-bond donors (Lipinski definition) is 3.